The van der Waals surface area contributed by atoms with Gasteiger partial charge in [0.2, 0.25) is 5.91 Å². The van der Waals surface area contributed by atoms with Crippen LogP contribution in [0.1, 0.15) is 33.1 Å². The molecule has 1 N–H and O–H groups in total. The molecule has 0 atom stereocenters. The Bertz CT molecular complexity index is 274. The number of ether oxygens (including phenoxy) is 1. The van der Waals surface area contributed by atoms with Gasteiger partial charge in [0.05, 0.1) is 6.10 Å². The second kappa shape index (κ2) is 6.59. The first-order valence-electron chi connectivity index (χ1n) is 6.17. The molecule has 98 valence electrons. The van der Waals surface area contributed by atoms with Crippen LogP contribution in [0.2, 0.25) is 0 Å². The summed E-state index contributed by atoms with van der Waals surface area (Å²) in [5, 5.41) is 8.67. The number of aliphatic carboxylic acids is 1. The van der Waals surface area contributed by atoms with E-state index in [2.05, 4.69) is 0 Å². The molecule has 0 aromatic rings. The van der Waals surface area contributed by atoms with Gasteiger partial charge in [0.25, 0.3) is 0 Å². The van der Waals surface area contributed by atoms with Crippen LogP contribution in [0.25, 0.3) is 0 Å². The Morgan fingerprint density at radius 1 is 1.35 bits per heavy atom. The fourth-order valence-corrected chi connectivity index (χ4v) is 2.13. The van der Waals surface area contributed by atoms with Gasteiger partial charge in [0.15, 0.2) is 0 Å². The van der Waals surface area contributed by atoms with E-state index in [9.17, 15) is 9.59 Å². The number of rotatable bonds is 7. The molecule has 1 fully saturated rings. The van der Waals surface area contributed by atoms with E-state index in [1.54, 1.807) is 6.92 Å². The highest BCUT2D eigenvalue weighted by molar-refractivity contribution is 5.81. The molecule has 1 aliphatic rings. The minimum absolute atomic E-state index is 0.0603. The summed E-state index contributed by atoms with van der Waals surface area (Å²) >= 11 is 0. The number of nitrogens with zero attached hydrogens (tertiary/aromatic N) is 1. The zero-order valence-electron chi connectivity index (χ0n) is 10.5. The molecule has 5 nitrogen and oxygen atoms in total. The quantitative estimate of drug-likeness (QED) is 0.727. The first kappa shape index (κ1) is 14.0. The highest BCUT2D eigenvalue weighted by atomic mass is 16.5. The molecule has 1 amide bonds. The van der Waals surface area contributed by atoms with Crippen LogP contribution >= 0.6 is 0 Å². The molecule has 0 unspecified atom stereocenters. The summed E-state index contributed by atoms with van der Waals surface area (Å²) in [7, 11) is 0. The topological polar surface area (TPSA) is 66.8 Å². The molecule has 1 aliphatic carbocycles. The van der Waals surface area contributed by atoms with Crippen LogP contribution in [0.4, 0.5) is 0 Å². The summed E-state index contributed by atoms with van der Waals surface area (Å²) in [5.74, 6) is -0.655. The second-order valence-corrected chi connectivity index (χ2v) is 4.42. The molecule has 1 rings (SSSR count). The van der Waals surface area contributed by atoms with E-state index in [1.807, 2.05) is 6.92 Å². The fraction of sp³-hybridized carbons (Fsp3) is 0.833. The normalized spacial score (nSPS) is 22.9. The Kier molecular flexibility index (Phi) is 5.41. The van der Waals surface area contributed by atoms with Crippen LogP contribution in [0.5, 0.6) is 0 Å². The molecule has 17 heavy (non-hydrogen) atoms. The molecule has 0 aromatic carbocycles. The molecule has 0 aromatic heterocycles. The molecule has 5 heteroatoms. The van der Waals surface area contributed by atoms with Crippen molar-refractivity contribution in [3.63, 3.8) is 0 Å². The van der Waals surface area contributed by atoms with Crippen molar-refractivity contribution in [2.45, 2.75) is 39.2 Å². The first-order chi connectivity index (χ1) is 8.06. The van der Waals surface area contributed by atoms with E-state index < -0.39 is 5.97 Å². The van der Waals surface area contributed by atoms with Gasteiger partial charge in [-0.15, -0.1) is 0 Å². The summed E-state index contributed by atoms with van der Waals surface area (Å²) in [6.45, 7) is 4.73. The number of carbonyl (C=O) groups excluding carboxylic acids is 1. The van der Waals surface area contributed by atoms with E-state index in [4.69, 9.17) is 9.84 Å². The lowest BCUT2D eigenvalue weighted by molar-refractivity contribution is -0.145. The second-order valence-electron chi connectivity index (χ2n) is 4.42. The minimum atomic E-state index is -0.957. The van der Waals surface area contributed by atoms with Crippen LogP contribution in [-0.2, 0) is 14.3 Å². The number of likely N-dealkylation sites (N-methyl/N-ethyl adjacent to an activating group) is 1. The van der Waals surface area contributed by atoms with Crippen molar-refractivity contribution in [3.05, 3.63) is 0 Å². The van der Waals surface area contributed by atoms with Crippen molar-refractivity contribution < 1.29 is 19.4 Å². The maximum atomic E-state index is 11.8. The smallest absolute Gasteiger partial charge is 0.323 e. The molecule has 0 bridgehead atoms. The number of carboxylic acids is 1. The fourth-order valence-electron chi connectivity index (χ4n) is 2.13. The summed E-state index contributed by atoms with van der Waals surface area (Å²) in [5.41, 5.74) is 0. The standard InChI is InChI=1S/C12H21NO4/c1-3-13(8-12(15)16)11(14)7-9-5-10(6-9)17-4-2/h9-10H,3-8H2,1-2H3,(H,15,16). The van der Waals surface area contributed by atoms with E-state index in [-0.39, 0.29) is 12.5 Å². The van der Waals surface area contributed by atoms with Gasteiger partial charge in [-0.2, -0.15) is 0 Å². The van der Waals surface area contributed by atoms with Gasteiger partial charge in [-0.3, -0.25) is 9.59 Å². The van der Waals surface area contributed by atoms with Gasteiger partial charge in [0.1, 0.15) is 6.54 Å². The third-order valence-electron chi connectivity index (χ3n) is 3.12. The lowest BCUT2D eigenvalue weighted by Crippen LogP contribution is -2.39. The third-order valence-corrected chi connectivity index (χ3v) is 3.12. The molecule has 0 heterocycles. The van der Waals surface area contributed by atoms with Crippen molar-refractivity contribution in [1.82, 2.24) is 4.90 Å². The SMILES string of the molecule is CCOC1CC(CC(=O)N(CC)CC(=O)O)C1. The summed E-state index contributed by atoms with van der Waals surface area (Å²) in [6.07, 6.45) is 2.59. The molecule has 0 saturated heterocycles. The van der Waals surface area contributed by atoms with Crippen LogP contribution < -0.4 is 0 Å². The number of carboxylic acid groups (broad SMARTS) is 1. The average molecular weight is 243 g/mol. The van der Waals surface area contributed by atoms with Gasteiger partial charge < -0.3 is 14.7 Å². The van der Waals surface area contributed by atoms with Crippen LogP contribution in [0.3, 0.4) is 0 Å². The number of carbonyl (C=O) groups is 2. The monoisotopic (exact) mass is 243 g/mol. The van der Waals surface area contributed by atoms with E-state index in [0.29, 0.717) is 31.6 Å². The minimum Gasteiger partial charge on any atom is -0.480 e. The summed E-state index contributed by atoms with van der Waals surface area (Å²) in [4.78, 5) is 23.8. The van der Waals surface area contributed by atoms with Crippen LogP contribution in [0.15, 0.2) is 0 Å². The van der Waals surface area contributed by atoms with Crippen LogP contribution in [-0.4, -0.2) is 47.7 Å². The summed E-state index contributed by atoms with van der Waals surface area (Å²) < 4.78 is 5.42. The van der Waals surface area contributed by atoms with Crippen molar-refractivity contribution in [2.75, 3.05) is 19.7 Å². The Balaban J connectivity index is 2.27. The lowest BCUT2D eigenvalue weighted by atomic mass is 9.79. The molecule has 1 saturated carbocycles. The van der Waals surface area contributed by atoms with Crippen molar-refractivity contribution in [1.29, 1.82) is 0 Å². The van der Waals surface area contributed by atoms with Crippen molar-refractivity contribution >= 4 is 11.9 Å². The average Bonchev–Trinajstić information content (AvgIpc) is 2.22. The maximum absolute atomic E-state index is 11.8. The van der Waals surface area contributed by atoms with Crippen LogP contribution in [0, 0.1) is 5.92 Å². The highest BCUT2D eigenvalue weighted by Gasteiger charge is 2.32. The van der Waals surface area contributed by atoms with E-state index in [1.165, 1.54) is 4.90 Å². The van der Waals surface area contributed by atoms with E-state index in [0.717, 1.165) is 12.8 Å². The van der Waals surface area contributed by atoms with E-state index >= 15 is 0 Å². The predicted octanol–water partition coefficient (Wildman–Crippen LogP) is 1.12. The Labute approximate surface area is 102 Å². The van der Waals surface area contributed by atoms with Gasteiger partial charge in [-0.25, -0.2) is 0 Å². The molecular formula is C12H21NO4. The van der Waals surface area contributed by atoms with Gasteiger partial charge in [-0.1, -0.05) is 0 Å². The Morgan fingerprint density at radius 3 is 2.47 bits per heavy atom. The number of amides is 1. The highest BCUT2D eigenvalue weighted by Crippen LogP contribution is 2.33. The number of hydrogen-bond donors (Lipinski definition) is 1. The molecule has 0 aliphatic heterocycles. The molecule has 0 radical (unpaired) electrons. The maximum Gasteiger partial charge on any atom is 0.323 e. The lowest BCUT2D eigenvalue weighted by Gasteiger charge is -2.35. The molecule has 0 spiro atoms. The summed E-state index contributed by atoms with van der Waals surface area (Å²) in [6, 6.07) is 0. The largest absolute Gasteiger partial charge is 0.480 e. The predicted molar refractivity (Wildman–Crippen MR) is 62.6 cm³/mol. The molecular weight excluding hydrogens is 222 g/mol. The first-order valence-corrected chi connectivity index (χ1v) is 6.17. The zero-order valence-corrected chi connectivity index (χ0v) is 10.5. The zero-order chi connectivity index (χ0) is 12.8. The van der Waals surface area contributed by atoms with Gasteiger partial charge in [-0.05, 0) is 32.6 Å². The van der Waals surface area contributed by atoms with Gasteiger partial charge >= 0.3 is 5.97 Å². The van der Waals surface area contributed by atoms with Gasteiger partial charge in [0, 0.05) is 19.6 Å². The van der Waals surface area contributed by atoms with Crippen molar-refractivity contribution in [3.8, 4) is 0 Å². The Hall–Kier alpha value is -1.10. The third kappa shape index (κ3) is 4.34. The van der Waals surface area contributed by atoms with Crippen molar-refractivity contribution in [2.24, 2.45) is 5.92 Å². The number of hydrogen-bond acceptors (Lipinski definition) is 3. The Morgan fingerprint density at radius 2 is 2.00 bits per heavy atom.